The molecule has 2 nitrogen and oxygen atoms in total. The van der Waals surface area contributed by atoms with Gasteiger partial charge in [0.15, 0.2) is 8.32 Å². The maximum atomic E-state index is 15.1. The van der Waals surface area contributed by atoms with Crippen LogP contribution in [0.2, 0.25) is 37.0 Å². The van der Waals surface area contributed by atoms with Gasteiger partial charge in [-0.2, -0.15) is 30.7 Å². The number of allylic oxidation sites excluding steroid dienone is 5. The molecule has 0 N–H and O–H groups in total. The fourth-order valence-corrected chi connectivity index (χ4v) is 22.8. The van der Waals surface area contributed by atoms with Gasteiger partial charge in [-0.05, 0) is 31.0 Å². The van der Waals surface area contributed by atoms with Crippen molar-refractivity contribution in [2.75, 3.05) is 0 Å². The summed E-state index contributed by atoms with van der Waals surface area (Å²) < 4.78 is 116. The number of hydrogen-bond acceptors (Lipinski definition) is 2. The molecule has 0 fully saturated rings. The summed E-state index contributed by atoms with van der Waals surface area (Å²) in [5.41, 5.74) is 3.68. The van der Waals surface area contributed by atoms with Crippen molar-refractivity contribution in [3.8, 4) is 0 Å². The number of benzene rings is 2. The number of hydrogen-bond donors (Lipinski definition) is 0. The molecule has 0 bridgehead atoms. The van der Waals surface area contributed by atoms with E-state index in [0.717, 1.165) is 27.9 Å². The van der Waals surface area contributed by atoms with Crippen LogP contribution in [0, 0.1) is 5.92 Å². The van der Waals surface area contributed by atoms with Crippen LogP contribution in [0.5, 0.6) is 0 Å². The van der Waals surface area contributed by atoms with Crippen LogP contribution in [-0.4, -0.2) is 65.2 Å². The molecule has 2 aromatic carbocycles. The van der Waals surface area contributed by atoms with E-state index in [4.69, 9.17) is 8.85 Å². The van der Waals surface area contributed by atoms with E-state index in [1.807, 2.05) is 63.2 Å². The molecule has 344 valence electrons. The molecule has 12 heteroatoms. The molecule has 0 radical (unpaired) electrons. The van der Waals surface area contributed by atoms with Crippen molar-refractivity contribution in [2.45, 2.75) is 176 Å². The normalized spacial score (nSPS) is 16.7. The summed E-state index contributed by atoms with van der Waals surface area (Å²) in [6.45, 7) is 26.0. The predicted octanol–water partition coefficient (Wildman–Crippen LogP) is 15.4. The van der Waals surface area contributed by atoms with E-state index >= 15 is 8.78 Å². The Morgan fingerprint density at radius 1 is 0.721 bits per heavy atom. The topological polar surface area (TPSA) is 18.5 Å². The third-order valence-electron chi connectivity index (χ3n) is 12.0. The van der Waals surface area contributed by atoms with Crippen LogP contribution in [0.3, 0.4) is 0 Å². The van der Waals surface area contributed by atoms with Crippen molar-refractivity contribution in [3.05, 3.63) is 105 Å². The number of halogens is 7. The molecule has 0 aliphatic heterocycles. The fraction of sp³-hybridized carbons (Fsp3) is 0.592. The van der Waals surface area contributed by atoms with Gasteiger partial charge in [-0.15, -0.1) is 0 Å². The van der Waals surface area contributed by atoms with Crippen molar-refractivity contribution in [1.29, 1.82) is 0 Å². The second-order valence-electron chi connectivity index (χ2n) is 20.0. The third kappa shape index (κ3) is 14.0. The summed E-state index contributed by atoms with van der Waals surface area (Å²) in [5.74, 6) is -11.9. The van der Waals surface area contributed by atoms with Crippen molar-refractivity contribution in [2.24, 2.45) is 5.92 Å². The smallest absolute Gasteiger partial charge is 0.0623 e. The van der Waals surface area contributed by atoms with Crippen molar-refractivity contribution < 1.29 is 39.6 Å². The molecule has 3 atom stereocenters. The SMILES string of the molecule is C/C=C(\C)[C@H](O[Si](CCC(F)(F)C(F)(F)C(F)(F)F)(C(C)C)C(C)C)[C@@H](C)[C@H](C/C=C(C)/C=C(\C)C/C(C)=[CH]/[Sn]([CH3])([CH3])[CH3])O[Si](c1ccccc1)(c1ccccc1)C(C)(C)C. The molecule has 0 unspecified atom stereocenters. The van der Waals surface area contributed by atoms with Crippen molar-refractivity contribution in [3.63, 3.8) is 0 Å². The molecule has 0 amide bonds. The molecular formula is C49H75F7O2Si2Sn. The third-order valence-corrected chi connectivity index (χ3v) is 26.6. The van der Waals surface area contributed by atoms with E-state index in [9.17, 15) is 22.0 Å². The van der Waals surface area contributed by atoms with Crippen LogP contribution >= 0.6 is 0 Å². The Labute approximate surface area is 370 Å². The van der Waals surface area contributed by atoms with Crippen LogP contribution in [0.25, 0.3) is 0 Å². The minimum Gasteiger partial charge on any atom is -0.0623 e. The number of rotatable bonds is 21. The molecule has 2 rings (SSSR count). The van der Waals surface area contributed by atoms with Gasteiger partial charge >= 0.3 is 181 Å². The van der Waals surface area contributed by atoms with Gasteiger partial charge < -0.3 is 0 Å². The molecular weight excluding hydrogens is 928 g/mol. The Morgan fingerprint density at radius 2 is 1.20 bits per heavy atom. The molecule has 0 heterocycles. The van der Waals surface area contributed by atoms with Crippen molar-refractivity contribution >= 4 is 45.4 Å². The summed E-state index contributed by atoms with van der Waals surface area (Å²) in [4.78, 5) is 7.16. The molecule has 0 saturated carbocycles. The first-order valence-electron chi connectivity index (χ1n) is 21.7. The molecule has 0 aromatic heterocycles. The molecule has 61 heavy (non-hydrogen) atoms. The summed E-state index contributed by atoms with van der Waals surface area (Å²) in [6.07, 6.45) is -1.64. The van der Waals surface area contributed by atoms with Crippen molar-refractivity contribution in [1.82, 2.24) is 0 Å². The van der Waals surface area contributed by atoms with E-state index in [1.165, 1.54) is 11.1 Å². The first-order valence-corrected chi connectivity index (χ1v) is 36.1. The fourth-order valence-electron chi connectivity index (χ4n) is 8.82. The maximum absolute atomic E-state index is 15.1. The Hall–Kier alpha value is -1.94. The van der Waals surface area contributed by atoms with Gasteiger partial charge in [-0.3, -0.25) is 0 Å². The standard InChI is InChI=1S/C46H66F7O2Si2.3CH3.Sn/c1-15-37(10)42(55-56(33(4)5,34(6)7)29-28-44(47,48)45(49,50)46(51,52)53)38(11)41(27-26-35(8)31-36(9)30-32(2)3)54-57(43(12,13)14,39-22-18-16-19-23-39)40-24-20-17-21-25-40;;;;/h2,15-26,31,33-34,38,41-42H,27-30H2,1,3-14H3;3*1H3;/b32-2?,35-26+,36-31+,37-15+;;;;/t38-,41-,42-;;;;/m0..../s1. The predicted molar refractivity (Wildman–Crippen MR) is 251 cm³/mol. The van der Waals surface area contributed by atoms with Gasteiger partial charge in [-0.25, -0.2) is 0 Å². The zero-order chi connectivity index (χ0) is 47.0. The molecule has 0 spiro atoms. The summed E-state index contributed by atoms with van der Waals surface area (Å²) in [5, 5.41) is 1.77. The first kappa shape index (κ1) is 55.2. The van der Waals surface area contributed by atoms with Crippen LogP contribution < -0.4 is 10.4 Å². The molecule has 0 aliphatic rings. The van der Waals surface area contributed by atoms with Gasteiger partial charge in [0.1, 0.15) is 0 Å². The minimum absolute atomic E-state index is 0.388. The zero-order valence-electron chi connectivity index (χ0n) is 39.8. The van der Waals surface area contributed by atoms with E-state index in [2.05, 4.69) is 96.9 Å². The van der Waals surface area contributed by atoms with E-state index in [1.54, 1.807) is 27.7 Å². The minimum atomic E-state index is -6.40. The quantitative estimate of drug-likeness (QED) is 0.0537. The Kier molecular flexibility index (Phi) is 19.8. The second-order valence-corrected chi connectivity index (χ2v) is 43.5. The average Bonchev–Trinajstić information content (AvgIpc) is 3.13. The molecule has 0 saturated heterocycles. The molecule has 0 aliphatic carbocycles. The Balaban J connectivity index is 2.92. The van der Waals surface area contributed by atoms with Gasteiger partial charge in [-0.1, -0.05) is 115 Å². The summed E-state index contributed by atoms with van der Waals surface area (Å²) in [6, 6.07) is 19.9. The van der Waals surface area contributed by atoms with E-state index in [-0.39, 0.29) is 5.04 Å². The van der Waals surface area contributed by atoms with Gasteiger partial charge in [0.05, 0.1) is 0 Å². The van der Waals surface area contributed by atoms with Crippen LogP contribution in [0.4, 0.5) is 30.7 Å². The Bertz CT molecular complexity index is 1760. The molecule has 2 aromatic rings. The van der Waals surface area contributed by atoms with E-state index < -0.39 is 94.7 Å². The monoisotopic (exact) mass is 1000 g/mol. The van der Waals surface area contributed by atoms with Gasteiger partial charge in [0.2, 0.25) is 0 Å². The van der Waals surface area contributed by atoms with Gasteiger partial charge in [0.25, 0.3) is 0 Å². The van der Waals surface area contributed by atoms with Crippen LogP contribution in [-0.2, 0) is 8.85 Å². The zero-order valence-corrected chi connectivity index (χ0v) is 44.6. The van der Waals surface area contributed by atoms with E-state index in [0.29, 0.717) is 6.42 Å². The average molecular weight is 1000 g/mol. The summed E-state index contributed by atoms with van der Waals surface area (Å²) >= 11 is -2.14. The second kappa shape index (κ2) is 21.8. The van der Waals surface area contributed by atoms with Crippen LogP contribution in [0.1, 0.15) is 109 Å². The number of alkyl halides is 7. The van der Waals surface area contributed by atoms with Gasteiger partial charge in [0, 0.05) is 6.42 Å². The Morgan fingerprint density at radius 3 is 1.59 bits per heavy atom. The summed E-state index contributed by atoms with van der Waals surface area (Å²) in [7, 11) is -6.76. The van der Waals surface area contributed by atoms with Crippen LogP contribution in [0.15, 0.2) is 105 Å². The first-order chi connectivity index (χ1) is 27.8.